The predicted molar refractivity (Wildman–Crippen MR) is 125 cm³/mol. The van der Waals surface area contributed by atoms with Gasteiger partial charge in [-0.2, -0.15) is 5.10 Å². The van der Waals surface area contributed by atoms with E-state index in [9.17, 15) is 13.2 Å². The van der Waals surface area contributed by atoms with E-state index in [0.717, 1.165) is 30.5 Å². The summed E-state index contributed by atoms with van der Waals surface area (Å²) in [5, 5.41) is 7.13. The number of amides is 1. The van der Waals surface area contributed by atoms with E-state index in [1.54, 1.807) is 35.3 Å². The number of nitrogens with zero attached hydrogens (tertiary/aromatic N) is 4. The van der Waals surface area contributed by atoms with Gasteiger partial charge < -0.3 is 5.32 Å². The molecule has 2 heterocycles. The van der Waals surface area contributed by atoms with Crippen molar-refractivity contribution < 1.29 is 13.2 Å². The van der Waals surface area contributed by atoms with E-state index in [-0.39, 0.29) is 16.8 Å². The highest BCUT2D eigenvalue weighted by Crippen LogP contribution is 2.22. The molecule has 2 N–H and O–H groups in total. The summed E-state index contributed by atoms with van der Waals surface area (Å²) in [7, 11) is -3.50. The SMILES string of the molecule is C[C@@H](NC(=O)CCCCCN=C1NS(=O)(=O)c2ccccc21)c1ccc(-n2cncn2)cc1. The average Bonchev–Trinajstić information content (AvgIpc) is 3.43. The second-order valence-corrected chi connectivity index (χ2v) is 9.51. The Morgan fingerprint density at radius 1 is 1.12 bits per heavy atom. The number of aromatic nitrogens is 3. The van der Waals surface area contributed by atoms with Crippen LogP contribution in [-0.2, 0) is 14.8 Å². The number of fused-ring (bicyclic) bond motifs is 1. The molecule has 1 aliphatic heterocycles. The van der Waals surface area contributed by atoms with Crippen LogP contribution in [0.2, 0.25) is 0 Å². The van der Waals surface area contributed by atoms with E-state index >= 15 is 0 Å². The second kappa shape index (κ2) is 9.95. The number of amidine groups is 1. The highest BCUT2D eigenvalue weighted by atomic mass is 32.2. The van der Waals surface area contributed by atoms with Crippen LogP contribution < -0.4 is 10.0 Å². The molecule has 9 nitrogen and oxygen atoms in total. The number of unbranched alkanes of at least 4 members (excludes halogenated alkanes) is 2. The van der Waals surface area contributed by atoms with Gasteiger partial charge in [0.1, 0.15) is 18.5 Å². The van der Waals surface area contributed by atoms with Crippen LogP contribution in [0.3, 0.4) is 0 Å². The zero-order chi connectivity index (χ0) is 23.3. The second-order valence-electron chi connectivity index (χ2n) is 7.86. The molecule has 3 aromatic rings. The molecule has 0 bridgehead atoms. The van der Waals surface area contributed by atoms with Gasteiger partial charge in [0.2, 0.25) is 5.91 Å². The molecule has 1 aliphatic rings. The molecule has 0 saturated heterocycles. The number of nitrogens with one attached hydrogen (secondary N) is 2. The highest BCUT2D eigenvalue weighted by molar-refractivity contribution is 7.90. The molecule has 33 heavy (non-hydrogen) atoms. The van der Waals surface area contributed by atoms with E-state index < -0.39 is 10.0 Å². The summed E-state index contributed by atoms with van der Waals surface area (Å²) in [6.07, 6.45) is 5.92. The first-order valence-corrected chi connectivity index (χ1v) is 12.3. The average molecular weight is 467 g/mol. The summed E-state index contributed by atoms with van der Waals surface area (Å²) in [4.78, 5) is 20.9. The molecule has 0 spiro atoms. The number of aliphatic imine (C=N–C) groups is 1. The fourth-order valence-corrected chi connectivity index (χ4v) is 4.92. The van der Waals surface area contributed by atoms with Crippen molar-refractivity contribution in [2.75, 3.05) is 6.54 Å². The lowest BCUT2D eigenvalue weighted by atomic mass is 10.1. The molecule has 0 saturated carbocycles. The summed E-state index contributed by atoms with van der Waals surface area (Å²) in [5.41, 5.74) is 2.54. The fourth-order valence-electron chi connectivity index (χ4n) is 3.67. The molecule has 0 fully saturated rings. The maximum Gasteiger partial charge on any atom is 0.263 e. The van der Waals surface area contributed by atoms with Crippen molar-refractivity contribution in [3.8, 4) is 5.69 Å². The van der Waals surface area contributed by atoms with Crippen LogP contribution in [0.5, 0.6) is 0 Å². The Bertz CT molecular complexity index is 1240. The molecular formula is C23H26N6O3S. The van der Waals surface area contributed by atoms with Crippen LogP contribution in [0.1, 0.15) is 49.8 Å². The summed E-state index contributed by atoms with van der Waals surface area (Å²) < 4.78 is 28.4. The molecule has 1 amide bonds. The molecule has 10 heteroatoms. The molecule has 1 atom stereocenters. The van der Waals surface area contributed by atoms with Crippen molar-refractivity contribution in [1.29, 1.82) is 0 Å². The minimum Gasteiger partial charge on any atom is -0.350 e. The number of carbonyl (C=O) groups excluding carboxylic acids is 1. The molecule has 0 aliphatic carbocycles. The van der Waals surface area contributed by atoms with Gasteiger partial charge in [-0.1, -0.05) is 30.7 Å². The standard InChI is InChI=1S/C23H26N6O3S/c1-17(18-10-12-19(13-11-18)29-16-24-15-26-29)27-22(30)9-3-2-6-14-25-23-20-7-4-5-8-21(20)33(31,32)28-23/h4-5,7-8,10-13,15-17H,2-3,6,9,14H2,1H3,(H,25,28)(H,27,30)/t17-/m1/s1. The van der Waals surface area contributed by atoms with Crippen LogP contribution >= 0.6 is 0 Å². The van der Waals surface area contributed by atoms with Crippen molar-refractivity contribution in [2.45, 2.75) is 43.5 Å². The lowest BCUT2D eigenvalue weighted by Crippen LogP contribution is -2.26. The summed E-state index contributed by atoms with van der Waals surface area (Å²) in [6.45, 7) is 2.46. The van der Waals surface area contributed by atoms with Gasteiger partial charge in [0.15, 0.2) is 0 Å². The van der Waals surface area contributed by atoms with E-state index in [4.69, 9.17) is 0 Å². The smallest absolute Gasteiger partial charge is 0.263 e. The Labute approximate surface area is 193 Å². The molecular weight excluding hydrogens is 440 g/mol. The van der Waals surface area contributed by atoms with Crippen molar-refractivity contribution in [3.63, 3.8) is 0 Å². The quantitative estimate of drug-likeness (QED) is 0.470. The van der Waals surface area contributed by atoms with Crippen LogP contribution in [0, 0.1) is 0 Å². The highest BCUT2D eigenvalue weighted by Gasteiger charge is 2.29. The monoisotopic (exact) mass is 466 g/mol. The van der Waals surface area contributed by atoms with Gasteiger partial charge in [0.25, 0.3) is 10.0 Å². The van der Waals surface area contributed by atoms with Gasteiger partial charge in [-0.3, -0.25) is 14.5 Å². The minimum absolute atomic E-state index is 0.00615. The normalized spacial score (nSPS) is 16.2. The molecule has 2 aromatic carbocycles. The third kappa shape index (κ3) is 5.46. The number of benzene rings is 2. The summed E-state index contributed by atoms with van der Waals surface area (Å²) in [5.74, 6) is 0.402. The van der Waals surface area contributed by atoms with Crippen LogP contribution in [0.15, 0.2) is 71.1 Å². The van der Waals surface area contributed by atoms with Gasteiger partial charge in [-0.25, -0.2) is 18.1 Å². The Morgan fingerprint density at radius 2 is 1.91 bits per heavy atom. The Hall–Kier alpha value is -3.53. The first-order valence-electron chi connectivity index (χ1n) is 10.8. The topological polar surface area (TPSA) is 118 Å². The van der Waals surface area contributed by atoms with Crippen LogP contribution in [0.25, 0.3) is 5.69 Å². The zero-order valence-electron chi connectivity index (χ0n) is 18.3. The minimum atomic E-state index is -3.50. The first kappa shape index (κ1) is 22.7. The molecule has 172 valence electrons. The third-order valence-electron chi connectivity index (χ3n) is 5.45. The maximum absolute atomic E-state index is 12.3. The van der Waals surface area contributed by atoms with Crippen molar-refractivity contribution in [3.05, 3.63) is 72.3 Å². The Morgan fingerprint density at radius 3 is 2.67 bits per heavy atom. The number of rotatable bonds is 9. The van der Waals surface area contributed by atoms with Gasteiger partial charge >= 0.3 is 0 Å². The van der Waals surface area contributed by atoms with Crippen molar-refractivity contribution in [1.82, 2.24) is 24.8 Å². The number of hydrogen-bond donors (Lipinski definition) is 2. The van der Waals surface area contributed by atoms with Crippen LogP contribution in [0.4, 0.5) is 0 Å². The first-order chi connectivity index (χ1) is 15.9. The molecule has 0 radical (unpaired) electrons. The molecule has 0 unspecified atom stereocenters. The zero-order valence-corrected chi connectivity index (χ0v) is 19.1. The molecule has 1 aromatic heterocycles. The number of carbonyl (C=O) groups is 1. The lowest BCUT2D eigenvalue weighted by Gasteiger charge is -2.15. The summed E-state index contributed by atoms with van der Waals surface area (Å²) >= 11 is 0. The third-order valence-corrected chi connectivity index (χ3v) is 6.85. The van der Waals surface area contributed by atoms with E-state index in [1.807, 2.05) is 31.2 Å². The van der Waals surface area contributed by atoms with Gasteiger partial charge in [0.05, 0.1) is 16.6 Å². The Balaban J connectivity index is 1.18. The van der Waals surface area contributed by atoms with E-state index in [0.29, 0.717) is 24.4 Å². The largest absolute Gasteiger partial charge is 0.350 e. The maximum atomic E-state index is 12.3. The van der Waals surface area contributed by atoms with Crippen LogP contribution in [-0.4, -0.2) is 41.5 Å². The number of sulfonamides is 1. The van der Waals surface area contributed by atoms with Gasteiger partial charge in [-0.05, 0) is 49.6 Å². The lowest BCUT2D eigenvalue weighted by molar-refractivity contribution is -0.121. The van der Waals surface area contributed by atoms with E-state index in [2.05, 4.69) is 25.1 Å². The van der Waals surface area contributed by atoms with Crippen molar-refractivity contribution in [2.24, 2.45) is 4.99 Å². The summed E-state index contributed by atoms with van der Waals surface area (Å²) in [6, 6.07) is 14.5. The van der Waals surface area contributed by atoms with Gasteiger partial charge in [0, 0.05) is 18.5 Å². The predicted octanol–water partition coefficient (Wildman–Crippen LogP) is 2.74. The Kier molecular flexibility index (Phi) is 6.83. The van der Waals surface area contributed by atoms with Crippen molar-refractivity contribution >= 4 is 21.8 Å². The molecule has 4 rings (SSSR count). The van der Waals surface area contributed by atoms with E-state index in [1.165, 1.54) is 6.33 Å². The van der Waals surface area contributed by atoms with Gasteiger partial charge in [-0.15, -0.1) is 0 Å². The fraction of sp³-hybridized carbons (Fsp3) is 0.304. The number of hydrogen-bond acceptors (Lipinski definition) is 6.